The van der Waals surface area contributed by atoms with Crippen LogP contribution < -0.4 is 4.74 Å². The number of aliphatic hydroxyl groups is 1. The number of likely N-dealkylation sites (tertiary alicyclic amines) is 1. The van der Waals surface area contributed by atoms with E-state index >= 15 is 0 Å². The number of benzene rings is 2. The van der Waals surface area contributed by atoms with Gasteiger partial charge in [-0.3, -0.25) is 9.59 Å². The van der Waals surface area contributed by atoms with Crippen LogP contribution in [0.1, 0.15) is 68.7 Å². The van der Waals surface area contributed by atoms with Gasteiger partial charge in [0.15, 0.2) is 0 Å². The second-order valence-electron chi connectivity index (χ2n) is 8.22. The van der Waals surface area contributed by atoms with Gasteiger partial charge in [0.25, 0.3) is 11.7 Å². The molecule has 2 aromatic carbocycles. The summed E-state index contributed by atoms with van der Waals surface area (Å²) in [7, 11) is 1.61. The van der Waals surface area contributed by atoms with Gasteiger partial charge in [-0.25, -0.2) is 0 Å². The van der Waals surface area contributed by atoms with Crippen molar-refractivity contribution < 1.29 is 19.4 Å². The van der Waals surface area contributed by atoms with Crippen LogP contribution in [0.2, 0.25) is 0 Å². The van der Waals surface area contributed by atoms with Gasteiger partial charge in [-0.1, -0.05) is 63.9 Å². The Bertz CT molecular complexity index is 978. The highest BCUT2D eigenvalue weighted by atomic mass is 16.5. The zero-order chi connectivity index (χ0) is 22.5. The van der Waals surface area contributed by atoms with E-state index in [9.17, 15) is 14.7 Å². The van der Waals surface area contributed by atoms with Crippen LogP contribution >= 0.6 is 0 Å². The van der Waals surface area contributed by atoms with Crippen LogP contribution in [-0.2, 0) is 9.59 Å². The average Bonchev–Trinajstić information content (AvgIpc) is 3.03. The molecular weight excluding hydrogens is 390 g/mol. The average molecular weight is 422 g/mol. The van der Waals surface area contributed by atoms with Gasteiger partial charge in [0, 0.05) is 12.1 Å². The Kier molecular flexibility index (Phi) is 7.16. The van der Waals surface area contributed by atoms with E-state index in [1.54, 1.807) is 24.1 Å². The molecule has 164 valence electrons. The number of aliphatic hydroxyl groups excluding tert-OH is 1. The Balaban J connectivity index is 2.14. The number of carbonyl (C=O) groups is 2. The first-order valence-corrected chi connectivity index (χ1v) is 10.9. The first-order chi connectivity index (χ1) is 14.9. The number of ether oxygens (including phenoxy) is 1. The predicted molar refractivity (Wildman–Crippen MR) is 122 cm³/mol. The summed E-state index contributed by atoms with van der Waals surface area (Å²) in [6.07, 6.45) is 2.80. The molecule has 2 aromatic rings. The van der Waals surface area contributed by atoms with Gasteiger partial charge in [0.2, 0.25) is 0 Å². The third-order valence-electron chi connectivity index (χ3n) is 5.78. The van der Waals surface area contributed by atoms with E-state index in [1.807, 2.05) is 50.2 Å². The monoisotopic (exact) mass is 421 g/mol. The van der Waals surface area contributed by atoms with Gasteiger partial charge in [-0.15, -0.1) is 0 Å². The number of hydrogen-bond acceptors (Lipinski definition) is 4. The SMILES string of the molecule is CCCCCN1C(=O)C(=O)/C(=C(\O)c2ccc(OC)c(C(C)C)c2)C1c1ccccc1. The van der Waals surface area contributed by atoms with E-state index in [-0.39, 0.29) is 17.3 Å². The molecule has 1 amide bonds. The Morgan fingerprint density at radius 2 is 1.81 bits per heavy atom. The standard InChI is InChI=1S/C26H31NO4/c1-5-6-10-15-27-23(18-11-8-7-9-12-18)22(25(29)26(27)30)24(28)19-13-14-21(31-4)20(16-19)17(2)3/h7-9,11-14,16-17,23,28H,5-6,10,15H2,1-4H3/b24-22-. The third kappa shape index (κ3) is 4.50. The van der Waals surface area contributed by atoms with Crippen molar-refractivity contribution in [3.63, 3.8) is 0 Å². The minimum Gasteiger partial charge on any atom is -0.507 e. The van der Waals surface area contributed by atoms with Crippen molar-refractivity contribution in [2.24, 2.45) is 0 Å². The summed E-state index contributed by atoms with van der Waals surface area (Å²) in [5.74, 6) is -0.432. The Hall–Kier alpha value is -3.08. The largest absolute Gasteiger partial charge is 0.507 e. The molecule has 0 spiro atoms. The van der Waals surface area contributed by atoms with Gasteiger partial charge >= 0.3 is 0 Å². The fraction of sp³-hybridized carbons (Fsp3) is 0.385. The van der Waals surface area contributed by atoms with Crippen molar-refractivity contribution in [1.82, 2.24) is 4.90 Å². The first kappa shape index (κ1) is 22.6. The van der Waals surface area contributed by atoms with Gasteiger partial charge < -0.3 is 14.7 Å². The molecule has 31 heavy (non-hydrogen) atoms. The molecule has 5 nitrogen and oxygen atoms in total. The van der Waals surface area contributed by atoms with E-state index in [1.165, 1.54) is 0 Å². The zero-order valence-corrected chi connectivity index (χ0v) is 18.7. The number of carbonyl (C=O) groups excluding carboxylic acids is 2. The summed E-state index contributed by atoms with van der Waals surface area (Å²) in [5, 5.41) is 11.2. The van der Waals surface area contributed by atoms with Crippen LogP contribution in [0.15, 0.2) is 54.1 Å². The molecule has 1 N–H and O–H groups in total. The summed E-state index contributed by atoms with van der Waals surface area (Å²) in [5.41, 5.74) is 2.40. The zero-order valence-electron chi connectivity index (χ0n) is 18.7. The molecule has 0 saturated carbocycles. The predicted octanol–water partition coefficient (Wildman–Crippen LogP) is 5.43. The van der Waals surface area contributed by atoms with Crippen molar-refractivity contribution in [2.45, 2.75) is 52.0 Å². The molecule has 1 saturated heterocycles. The molecule has 1 heterocycles. The van der Waals surface area contributed by atoms with Crippen LogP contribution in [0.5, 0.6) is 5.75 Å². The minimum absolute atomic E-state index is 0.144. The van der Waals surface area contributed by atoms with Crippen molar-refractivity contribution in [3.05, 3.63) is 70.8 Å². The first-order valence-electron chi connectivity index (χ1n) is 10.9. The number of unbranched alkanes of at least 4 members (excludes halogenated alkanes) is 2. The second kappa shape index (κ2) is 9.82. The summed E-state index contributed by atoms with van der Waals surface area (Å²) in [4.78, 5) is 27.6. The Morgan fingerprint density at radius 3 is 2.42 bits per heavy atom. The van der Waals surface area contributed by atoms with E-state index < -0.39 is 17.7 Å². The Labute approximate surface area is 184 Å². The molecule has 1 aliphatic heterocycles. The van der Waals surface area contributed by atoms with Gasteiger partial charge in [-0.2, -0.15) is 0 Å². The number of ketones is 1. The molecule has 0 radical (unpaired) electrons. The quantitative estimate of drug-likeness (QED) is 0.267. The number of Topliss-reactive ketones (excluding diaryl/α,β-unsaturated/α-hetero) is 1. The highest BCUT2D eigenvalue weighted by Gasteiger charge is 2.45. The maximum Gasteiger partial charge on any atom is 0.295 e. The molecule has 5 heteroatoms. The van der Waals surface area contributed by atoms with Crippen LogP contribution in [0.3, 0.4) is 0 Å². The summed E-state index contributed by atoms with van der Waals surface area (Å²) in [6, 6.07) is 14.2. The lowest BCUT2D eigenvalue weighted by molar-refractivity contribution is -0.139. The second-order valence-corrected chi connectivity index (χ2v) is 8.22. The molecule has 1 unspecified atom stereocenters. The topological polar surface area (TPSA) is 66.8 Å². The van der Waals surface area contributed by atoms with Crippen molar-refractivity contribution in [2.75, 3.05) is 13.7 Å². The fourth-order valence-corrected chi connectivity index (χ4v) is 4.11. The number of nitrogens with zero attached hydrogens (tertiary/aromatic N) is 1. The van der Waals surface area contributed by atoms with E-state index in [0.29, 0.717) is 12.1 Å². The molecule has 0 aromatic heterocycles. The fourth-order valence-electron chi connectivity index (χ4n) is 4.11. The smallest absolute Gasteiger partial charge is 0.295 e. The minimum atomic E-state index is -0.634. The Morgan fingerprint density at radius 1 is 1.10 bits per heavy atom. The van der Waals surface area contributed by atoms with Gasteiger partial charge in [0.1, 0.15) is 11.5 Å². The third-order valence-corrected chi connectivity index (χ3v) is 5.78. The van der Waals surface area contributed by atoms with Crippen LogP contribution in [0, 0.1) is 0 Å². The van der Waals surface area contributed by atoms with Crippen LogP contribution in [-0.4, -0.2) is 35.4 Å². The maximum absolute atomic E-state index is 13.1. The number of rotatable bonds is 8. The molecule has 0 aliphatic carbocycles. The van der Waals surface area contributed by atoms with Crippen LogP contribution in [0.25, 0.3) is 5.76 Å². The van der Waals surface area contributed by atoms with E-state index in [0.717, 1.165) is 36.1 Å². The molecular formula is C26H31NO4. The number of methoxy groups -OCH3 is 1. The van der Waals surface area contributed by atoms with E-state index in [4.69, 9.17) is 4.74 Å². The molecule has 1 atom stereocenters. The maximum atomic E-state index is 13.1. The van der Waals surface area contributed by atoms with E-state index in [2.05, 4.69) is 6.92 Å². The normalized spacial score (nSPS) is 18.1. The summed E-state index contributed by atoms with van der Waals surface area (Å²) >= 11 is 0. The van der Waals surface area contributed by atoms with Crippen molar-refractivity contribution >= 4 is 17.4 Å². The number of hydrogen-bond donors (Lipinski definition) is 1. The number of amides is 1. The van der Waals surface area contributed by atoms with Crippen LogP contribution in [0.4, 0.5) is 0 Å². The lowest BCUT2D eigenvalue weighted by Crippen LogP contribution is -2.30. The molecule has 1 aliphatic rings. The molecule has 3 rings (SSSR count). The van der Waals surface area contributed by atoms with Gasteiger partial charge in [0.05, 0.1) is 18.7 Å². The summed E-state index contributed by atoms with van der Waals surface area (Å²) < 4.78 is 5.44. The lowest BCUT2D eigenvalue weighted by Gasteiger charge is -2.25. The summed E-state index contributed by atoms with van der Waals surface area (Å²) in [6.45, 7) is 6.66. The highest BCUT2D eigenvalue weighted by Crippen LogP contribution is 2.40. The molecule has 0 bridgehead atoms. The lowest BCUT2D eigenvalue weighted by atomic mass is 9.93. The van der Waals surface area contributed by atoms with Crippen molar-refractivity contribution in [3.8, 4) is 5.75 Å². The highest BCUT2D eigenvalue weighted by molar-refractivity contribution is 6.46. The molecule has 1 fully saturated rings. The van der Waals surface area contributed by atoms with Gasteiger partial charge in [-0.05, 0) is 41.7 Å². The van der Waals surface area contributed by atoms with Crippen molar-refractivity contribution in [1.29, 1.82) is 0 Å².